The van der Waals surface area contributed by atoms with Gasteiger partial charge < -0.3 is 15.7 Å². The highest BCUT2D eigenvalue weighted by Gasteiger charge is 2.11. The summed E-state index contributed by atoms with van der Waals surface area (Å²) in [5, 5.41) is 8.96. The first-order chi connectivity index (χ1) is 7.45. The molecule has 1 atom stereocenters. The maximum atomic E-state index is 8.96. The topological polar surface area (TPSA) is 49.5 Å². The van der Waals surface area contributed by atoms with Gasteiger partial charge in [-0.3, -0.25) is 0 Å². The molecule has 0 saturated carbocycles. The van der Waals surface area contributed by atoms with Gasteiger partial charge in [-0.1, -0.05) is 17.7 Å². The fraction of sp³-hybridized carbons (Fsp3) is 0.538. The minimum absolute atomic E-state index is 0.0221. The van der Waals surface area contributed by atoms with Crippen molar-refractivity contribution in [2.45, 2.75) is 26.8 Å². The first-order valence-corrected chi connectivity index (χ1v) is 5.61. The number of hydrogen-bond donors (Lipinski definition) is 2. The van der Waals surface area contributed by atoms with Crippen molar-refractivity contribution in [3.05, 3.63) is 28.8 Å². The molecular formula is C13H22N2O. The van der Waals surface area contributed by atoms with Crippen LogP contribution in [-0.4, -0.2) is 31.3 Å². The Morgan fingerprint density at radius 2 is 1.75 bits per heavy atom. The van der Waals surface area contributed by atoms with E-state index in [2.05, 4.69) is 37.8 Å². The molecule has 1 aromatic rings. The van der Waals surface area contributed by atoms with Gasteiger partial charge in [0.2, 0.25) is 0 Å². The van der Waals surface area contributed by atoms with Crippen LogP contribution in [0.5, 0.6) is 0 Å². The summed E-state index contributed by atoms with van der Waals surface area (Å²) in [4.78, 5) is 2.12. The van der Waals surface area contributed by atoms with E-state index in [1.54, 1.807) is 0 Å². The lowest BCUT2D eigenvalue weighted by atomic mass is 10.0. The number of aliphatic hydroxyl groups excluding tert-OH is 1. The van der Waals surface area contributed by atoms with Gasteiger partial charge in [0.15, 0.2) is 0 Å². The number of likely N-dealkylation sites (N-methyl/N-ethyl adjacent to an activating group) is 1. The van der Waals surface area contributed by atoms with Gasteiger partial charge in [-0.05, 0) is 31.9 Å². The van der Waals surface area contributed by atoms with Gasteiger partial charge in [0.05, 0.1) is 6.61 Å². The molecule has 3 N–H and O–H groups in total. The van der Waals surface area contributed by atoms with Crippen LogP contribution in [0.2, 0.25) is 0 Å². The van der Waals surface area contributed by atoms with Crippen LogP contribution in [0.4, 0.5) is 5.69 Å². The molecule has 1 unspecified atom stereocenters. The number of anilines is 1. The van der Waals surface area contributed by atoms with Crippen molar-refractivity contribution < 1.29 is 5.11 Å². The largest absolute Gasteiger partial charge is 0.395 e. The number of aryl methyl sites for hydroxylation is 3. The smallest absolute Gasteiger partial charge is 0.0599 e. The van der Waals surface area contributed by atoms with Crippen LogP contribution in [0.25, 0.3) is 0 Å². The standard InChI is InChI=1S/C13H22N2O/c1-9-5-10(2)13(11(3)6-9)15(4)7-12(14)8-16/h5-6,12,16H,7-8,14H2,1-4H3. The molecule has 0 fully saturated rings. The summed E-state index contributed by atoms with van der Waals surface area (Å²) in [6, 6.07) is 4.15. The second-order valence-electron chi connectivity index (χ2n) is 4.57. The van der Waals surface area contributed by atoms with E-state index in [9.17, 15) is 0 Å². The number of aliphatic hydroxyl groups is 1. The molecule has 0 bridgehead atoms. The third kappa shape index (κ3) is 2.97. The molecule has 0 aliphatic rings. The zero-order chi connectivity index (χ0) is 12.3. The molecule has 0 saturated heterocycles. The Balaban J connectivity index is 2.95. The summed E-state index contributed by atoms with van der Waals surface area (Å²) < 4.78 is 0. The zero-order valence-corrected chi connectivity index (χ0v) is 10.6. The van der Waals surface area contributed by atoms with Gasteiger partial charge in [-0.15, -0.1) is 0 Å². The van der Waals surface area contributed by atoms with Crippen molar-refractivity contribution >= 4 is 5.69 Å². The summed E-state index contributed by atoms with van der Waals surface area (Å²) >= 11 is 0. The van der Waals surface area contributed by atoms with Crippen LogP contribution in [0.3, 0.4) is 0 Å². The molecule has 0 aliphatic carbocycles. The first-order valence-electron chi connectivity index (χ1n) is 5.61. The highest BCUT2D eigenvalue weighted by atomic mass is 16.3. The predicted molar refractivity (Wildman–Crippen MR) is 69.0 cm³/mol. The Morgan fingerprint density at radius 3 is 2.19 bits per heavy atom. The fourth-order valence-electron chi connectivity index (χ4n) is 2.28. The first kappa shape index (κ1) is 13.0. The second kappa shape index (κ2) is 5.32. The number of nitrogens with zero attached hydrogens (tertiary/aromatic N) is 1. The molecule has 0 aliphatic heterocycles. The Hall–Kier alpha value is -1.06. The van der Waals surface area contributed by atoms with Crippen LogP contribution in [0, 0.1) is 20.8 Å². The molecule has 0 aromatic heterocycles. The third-order valence-electron chi connectivity index (χ3n) is 2.76. The number of benzene rings is 1. The van der Waals surface area contributed by atoms with E-state index < -0.39 is 0 Å². The van der Waals surface area contributed by atoms with E-state index in [4.69, 9.17) is 10.8 Å². The molecule has 90 valence electrons. The van der Waals surface area contributed by atoms with Crippen molar-refractivity contribution in [1.29, 1.82) is 0 Å². The molecule has 3 nitrogen and oxygen atoms in total. The van der Waals surface area contributed by atoms with Crippen LogP contribution >= 0.6 is 0 Å². The second-order valence-corrected chi connectivity index (χ2v) is 4.57. The van der Waals surface area contributed by atoms with Crippen LogP contribution in [-0.2, 0) is 0 Å². The number of hydrogen-bond acceptors (Lipinski definition) is 3. The van der Waals surface area contributed by atoms with E-state index >= 15 is 0 Å². The Kier molecular flexibility index (Phi) is 4.33. The monoisotopic (exact) mass is 222 g/mol. The van der Waals surface area contributed by atoms with Gasteiger partial charge in [-0.25, -0.2) is 0 Å². The predicted octanol–water partition coefficient (Wildman–Crippen LogP) is 1.37. The third-order valence-corrected chi connectivity index (χ3v) is 2.76. The highest BCUT2D eigenvalue weighted by Crippen LogP contribution is 2.25. The fourth-order valence-corrected chi connectivity index (χ4v) is 2.28. The molecule has 3 heteroatoms. The van der Waals surface area contributed by atoms with Crippen molar-refractivity contribution in [3.8, 4) is 0 Å². The average Bonchev–Trinajstić information content (AvgIpc) is 2.15. The summed E-state index contributed by atoms with van der Waals surface area (Å²) in [5.74, 6) is 0. The zero-order valence-electron chi connectivity index (χ0n) is 10.6. The van der Waals surface area contributed by atoms with Crippen LogP contribution < -0.4 is 10.6 Å². The molecule has 0 amide bonds. The van der Waals surface area contributed by atoms with Gasteiger partial charge in [-0.2, -0.15) is 0 Å². The van der Waals surface area contributed by atoms with Gasteiger partial charge in [0, 0.05) is 25.3 Å². The SMILES string of the molecule is Cc1cc(C)c(N(C)CC(N)CO)c(C)c1. The molecule has 0 heterocycles. The van der Waals surface area contributed by atoms with Gasteiger partial charge >= 0.3 is 0 Å². The Bertz CT molecular complexity index is 340. The lowest BCUT2D eigenvalue weighted by Gasteiger charge is -2.26. The van der Waals surface area contributed by atoms with Crippen LogP contribution in [0.1, 0.15) is 16.7 Å². The highest BCUT2D eigenvalue weighted by molar-refractivity contribution is 5.59. The Labute approximate surface area is 97.9 Å². The summed E-state index contributed by atoms with van der Waals surface area (Å²) in [5.41, 5.74) is 10.8. The molecule has 16 heavy (non-hydrogen) atoms. The van der Waals surface area contributed by atoms with Crippen molar-refractivity contribution in [2.75, 3.05) is 25.1 Å². The molecule has 0 radical (unpaired) electrons. The molecule has 1 aromatic carbocycles. The Morgan fingerprint density at radius 1 is 1.25 bits per heavy atom. The lowest BCUT2D eigenvalue weighted by Crippen LogP contribution is -2.38. The quantitative estimate of drug-likeness (QED) is 0.809. The van der Waals surface area contributed by atoms with E-state index in [0.29, 0.717) is 6.54 Å². The maximum absolute atomic E-state index is 8.96. The average molecular weight is 222 g/mol. The maximum Gasteiger partial charge on any atom is 0.0599 e. The summed E-state index contributed by atoms with van der Waals surface area (Å²) in [7, 11) is 2.01. The van der Waals surface area contributed by atoms with E-state index in [0.717, 1.165) is 0 Å². The normalized spacial score (nSPS) is 12.6. The minimum atomic E-state index is -0.190. The number of nitrogens with two attached hydrogens (primary N) is 1. The molecular weight excluding hydrogens is 200 g/mol. The van der Waals surface area contributed by atoms with Crippen molar-refractivity contribution in [3.63, 3.8) is 0 Å². The molecule has 1 rings (SSSR count). The van der Waals surface area contributed by atoms with E-state index in [-0.39, 0.29) is 12.6 Å². The van der Waals surface area contributed by atoms with Crippen LogP contribution in [0.15, 0.2) is 12.1 Å². The number of rotatable bonds is 4. The molecule has 0 spiro atoms. The lowest BCUT2D eigenvalue weighted by molar-refractivity contribution is 0.267. The minimum Gasteiger partial charge on any atom is -0.395 e. The van der Waals surface area contributed by atoms with E-state index in [1.807, 2.05) is 7.05 Å². The summed E-state index contributed by atoms with van der Waals surface area (Å²) in [6.07, 6.45) is 0. The van der Waals surface area contributed by atoms with Gasteiger partial charge in [0.25, 0.3) is 0 Å². The van der Waals surface area contributed by atoms with E-state index in [1.165, 1.54) is 22.4 Å². The van der Waals surface area contributed by atoms with Gasteiger partial charge in [0.1, 0.15) is 0 Å². The summed E-state index contributed by atoms with van der Waals surface area (Å²) in [6.45, 7) is 7.01. The van der Waals surface area contributed by atoms with Crippen molar-refractivity contribution in [2.24, 2.45) is 5.73 Å². The van der Waals surface area contributed by atoms with Crippen molar-refractivity contribution in [1.82, 2.24) is 0 Å².